The average molecular weight is 187 g/mol. The molecule has 0 bridgehead atoms. The predicted octanol–water partition coefficient (Wildman–Crippen LogP) is 0.652. The Morgan fingerprint density at radius 2 is 1.92 bits per heavy atom. The van der Waals surface area contributed by atoms with Gasteiger partial charge in [-0.25, -0.2) is 0 Å². The highest BCUT2D eigenvalue weighted by molar-refractivity contribution is 4.86. The molecule has 3 heteroatoms. The fourth-order valence-electron chi connectivity index (χ4n) is 1.94. The van der Waals surface area contributed by atoms with Gasteiger partial charge in [0.1, 0.15) is 0 Å². The zero-order chi connectivity index (χ0) is 9.73. The van der Waals surface area contributed by atoms with Crippen LogP contribution in [0, 0.1) is 0 Å². The van der Waals surface area contributed by atoms with Crippen LogP contribution < -0.4 is 5.32 Å². The molecule has 0 saturated heterocycles. The Morgan fingerprint density at radius 3 is 2.46 bits per heavy atom. The van der Waals surface area contributed by atoms with Crippen LogP contribution in [0.4, 0.5) is 0 Å². The van der Waals surface area contributed by atoms with E-state index in [1.54, 1.807) is 0 Å². The lowest BCUT2D eigenvalue weighted by atomic mass is 9.83. The van der Waals surface area contributed by atoms with Crippen LogP contribution in [0.1, 0.15) is 39.0 Å². The second-order valence-corrected chi connectivity index (χ2v) is 4.34. The molecule has 3 N–H and O–H groups in total. The first-order chi connectivity index (χ1) is 6.16. The van der Waals surface area contributed by atoms with Gasteiger partial charge in [0.25, 0.3) is 0 Å². The van der Waals surface area contributed by atoms with Crippen molar-refractivity contribution in [1.82, 2.24) is 5.32 Å². The lowest BCUT2D eigenvalue weighted by molar-refractivity contribution is 0.0827. The molecule has 0 amide bonds. The Bertz CT molecular complexity index is 144. The van der Waals surface area contributed by atoms with Gasteiger partial charge in [-0.1, -0.05) is 19.3 Å². The van der Waals surface area contributed by atoms with Crippen LogP contribution >= 0.6 is 0 Å². The number of nitrogens with one attached hydrogen (secondary N) is 1. The Labute approximate surface area is 80.2 Å². The van der Waals surface area contributed by atoms with E-state index in [2.05, 4.69) is 12.2 Å². The molecule has 0 spiro atoms. The summed E-state index contributed by atoms with van der Waals surface area (Å²) in [5, 5.41) is 21.2. The summed E-state index contributed by atoms with van der Waals surface area (Å²) in [5.41, 5.74) is 0.189. The average Bonchev–Trinajstić information content (AvgIpc) is 2.15. The molecule has 78 valence electrons. The number of aliphatic hydroxyl groups is 2. The Hall–Kier alpha value is -0.120. The number of β-amino-alcohol motifs (C(OH)–C–C–N with tert-alkyl or cyclic N) is 1. The Kier molecular flexibility index (Phi) is 4.16. The van der Waals surface area contributed by atoms with Crippen LogP contribution in [0.15, 0.2) is 0 Å². The summed E-state index contributed by atoms with van der Waals surface area (Å²) in [4.78, 5) is 0. The van der Waals surface area contributed by atoms with E-state index in [9.17, 15) is 5.11 Å². The fourth-order valence-corrected chi connectivity index (χ4v) is 1.94. The highest BCUT2D eigenvalue weighted by atomic mass is 16.3. The monoisotopic (exact) mass is 187 g/mol. The van der Waals surface area contributed by atoms with Crippen molar-refractivity contribution >= 4 is 0 Å². The van der Waals surface area contributed by atoms with E-state index >= 15 is 0 Å². The second kappa shape index (κ2) is 4.94. The molecule has 1 aliphatic rings. The van der Waals surface area contributed by atoms with E-state index in [4.69, 9.17) is 5.11 Å². The summed E-state index contributed by atoms with van der Waals surface area (Å²) in [6, 6.07) is 0. The van der Waals surface area contributed by atoms with Gasteiger partial charge in [0, 0.05) is 12.1 Å². The zero-order valence-electron chi connectivity index (χ0n) is 8.42. The first-order valence-corrected chi connectivity index (χ1v) is 5.20. The third kappa shape index (κ3) is 3.63. The lowest BCUT2D eigenvalue weighted by Crippen LogP contribution is -2.47. The highest BCUT2D eigenvalue weighted by Gasteiger charge is 2.26. The van der Waals surface area contributed by atoms with E-state index in [1.165, 1.54) is 32.1 Å². The topological polar surface area (TPSA) is 52.5 Å². The van der Waals surface area contributed by atoms with Crippen LogP contribution in [0.3, 0.4) is 0 Å². The van der Waals surface area contributed by atoms with Gasteiger partial charge >= 0.3 is 0 Å². The van der Waals surface area contributed by atoms with Gasteiger partial charge in [-0.05, 0) is 19.8 Å². The predicted molar refractivity (Wildman–Crippen MR) is 52.6 cm³/mol. The van der Waals surface area contributed by atoms with Crippen molar-refractivity contribution in [2.75, 3.05) is 13.2 Å². The van der Waals surface area contributed by atoms with Crippen molar-refractivity contribution in [2.24, 2.45) is 0 Å². The molecule has 13 heavy (non-hydrogen) atoms. The molecule has 0 aromatic rings. The minimum atomic E-state index is -0.612. The van der Waals surface area contributed by atoms with Gasteiger partial charge in [0.05, 0.1) is 12.7 Å². The Morgan fingerprint density at radius 1 is 1.31 bits per heavy atom. The minimum absolute atomic E-state index is 0.150. The third-order valence-electron chi connectivity index (χ3n) is 2.93. The lowest BCUT2D eigenvalue weighted by Gasteiger charge is -2.35. The van der Waals surface area contributed by atoms with Crippen LogP contribution in [0.2, 0.25) is 0 Å². The van der Waals surface area contributed by atoms with E-state index in [0.29, 0.717) is 6.54 Å². The molecule has 1 aliphatic carbocycles. The standard InChI is InChI=1S/C10H21NO2/c1-10(5-3-2-4-6-10)11-7-9(13)8-12/h9,11-13H,2-8H2,1H3. The van der Waals surface area contributed by atoms with Crippen molar-refractivity contribution in [3.63, 3.8) is 0 Å². The first kappa shape index (κ1) is 11.0. The zero-order valence-corrected chi connectivity index (χ0v) is 8.42. The molecule has 1 saturated carbocycles. The SMILES string of the molecule is CC1(NCC(O)CO)CCCCC1. The van der Waals surface area contributed by atoms with Gasteiger partial charge in [-0.15, -0.1) is 0 Å². The van der Waals surface area contributed by atoms with Gasteiger partial charge in [-0.2, -0.15) is 0 Å². The van der Waals surface area contributed by atoms with E-state index in [0.717, 1.165) is 0 Å². The molecule has 3 nitrogen and oxygen atoms in total. The Balaban J connectivity index is 2.24. The molecule has 0 radical (unpaired) electrons. The largest absolute Gasteiger partial charge is 0.394 e. The molecule has 1 atom stereocenters. The molecule has 0 aromatic carbocycles. The molecule has 0 aliphatic heterocycles. The van der Waals surface area contributed by atoms with Gasteiger partial charge in [-0.3, -0.25) is 0 Å². The molecule has 0 heterocycles. The van der Waals surface area contributed by atoms with Gasteiger partial charge < -0.3 is 15.5 Å². The second-order valence-electron chi connectivity index (χ2n) is 4.34. The summed E-state index contributed by atoms with van der Waals surface area (Å²) in [7, 11) is 0. The first-order valence-electron chi connectivity index (χ1n) is 5.20. The van der Waals surface area contributed by atoms with Crippen molar-refractivity contribution in [2.45, 2.75) is 50.7 Å². The molecule has 0 aromatic heterocycles. The maximum atomic E-state index is 9.19. The molecule has 1 unspecified atom stereocenters. The van der Waals surface area contributed by atoms with E-state index in [1.807, 2.05) is 0 Å². The highest BCUT2D eigenvalue weighted by Crippen LogP contribution is 2.27. The quantitative estimate of drug-likeness (QED) is 0.606. The van der Waals surface area contributed by atoms with Crippen molar-refractivity contribution in [3.05, 3.63) is 0 Å². The van der Waals surface area contributed by atoms with E-state index < -0.39 is 6.10 Å². The molecule has 1 rings (SSSR count). The van der Waals surface area contributed by atoms with Crippen molar-refractivity contribution in [1.29, 1.82) is 0 Å². The molecular weight excluding hydrogens is 166 g/mol. The van der Waals surface area contributed by atoms with E-state index in [-0.39, 0.29) is 12.1 Å². The maximum Gasteiger partial charge on any atom is 0.0895 e. The van der Waals surface area contributed by atoms with Crippen molar-refractivity contribution in [3.8, 4) is 0 Å². The summed E-state index contributed by atoms with van der Waals surface area (Å²) in [6.45, 7) is 2.56. The number of hydrogen-bond acceptors (Lipinski definition) is 3. The number of rotatable bonds is 4. The van der Waals surface area contributed by atoms with Crippen LogP contribution in [-0.4, -0.2) is 35.0 Å². The van der Waals surface area contributed by atoms with Gasteiger partial charge in [0.2, 0.25) is 0 Å². The normalized spacial score (nSPS) is 24.2. The van der Waals surface area contributed by atoms with Crippen LogP contribution in [0.25, 0.3) is 0 Å². The van der Waals surface area contributed by atoms with Gasteiger partial charge in [0.15, 0.2) is 0 Å². The van der Waals surface area contributed by atoms with Crippen LogP contribution in [-0.2, 0) is 0 Å². The smallest absolute Gasteiger partial charge is 0.0895 e. The molecular formula is C10H21NO2. The summed E-state index contributed by atoms with van der Waals surface area (Å²) >= 11 is 0. The summed E-state index contributed by atoms with van der Waals surface area (Å²) in [6.07, 6.45) is 5.65. The third-order valence-corrected chi connectivity index (χ3v) is 2.93. The minimum Gasteiger partial charge on any atom is -0.394 e. The summed E-state index contributed by atoms with van der Waals surface area (Å²) < 4.78 is 0. The number of hydrogen-bond donors (Lipinski definition) is 3. The van der Waals surface area contributed by atoms with Crippen molar-refractivity contribution < 1.29 is 10.2 Å². The maximum absolute atomic E-state index is 9.19. The fraction of sp³-hybridized carbons (Fsp3) is 1.00. The number of aliphatic hydroxyl groups excluding tert-OH is 2. The summed E-state index contributed by atoms with van der Waals surface area (Å²) in [5.74, 6) is 0. The molecule has 1 fully saturated rings. The van der Waals surface area contributed by atoms with Crippen LogP contribution in [0.5, 0.6) is 0 Å².